The molecule has 3 rings (SSSR count). The van der Waals surface area contributed by atoms with Gasteiger partial charge in [0.25, 0.3) is 0 Å². The Bertz CT molecular complexity index is 285. The second-order valence-corrected chi connectivity index (χ2v) is 8.08. The molecule has 0 bridgehead atoms. The molecular formula is C13H23ClNOP. The van der Waals surface area contributed by atoms with Crippen LogP contribution in [-0.4, -0.2) is 23.4 Å². The predicted octanol–water partition coefficient (Wildman–Crippen LogP) is 4.68. The molecule has 0 amide bonds. The predicted molar refractivity (Wildman–Crippen MR) is 73.2 cm³/mol. The minimum absolute atomic E-state index is 0.126. The van der Waals surface area contributed by atoms with E-state index in [1.54, 1.807) is 0 Å². The highest BCUT2D eigenvalue weighted by Gasteiger charge is 2.56. The summed E-state index contributed by atoms with van der Waals surface area (Å²) < 4.78 is 8.70. The Balaban J connectivity index is 1.85. The van der Waals surface area contributed by atoms with Crippen molar-refractivity contribution in [3.05, 3.63) is 0 Å². The van der Waals surface area contributed by atoms with Gasteiger partial charge in [-0.05, 0) is 49.9 Å². The van der Waals surface area contributed by atoms with Crippen molar-refractivity contribution in [2.75, 3.05) is 7.05 Å². The Kier molecular flexibility index (Phi) is 3.70. The highest BCUT2D eigenvalue weighted by molar-refractivity contribution is 7.78. The van der Waals surface area contributed by atoms with Gasteiger partial charge in [0, 0.05) is 6.04 Å². The van der Waals surface area contributed by atoms with Gasteiger partial charge in [-0.25, -0.2) is 4.67 Å². The Morgan fingerprint density at radius 2 is 1.82 bits per heavy atom. The van der Waals surface area contributed by atoms with Gasteiger partial charge in [-0.15, -0.1) is 0 Å². The fourth-order valence-electron chi connectivity index (χ4n) is 4.22. The topological polar surface area (TPSA) is 12.5 Å². The van der Waals surface area contributed by atoms with Crippen molar-refractivity contribution in [3.63, 3.8) is 0 Å². The molecule has 2 aliphatic carbocycles. The van der Waals surface area contributed by atoms with Crippen LogP contribution in [-0.2, 0) is 4.52 Å². The van der Waals surface area contributed by atoms with Gasteiger partial charge in [0.15, 0.2) is 0 Å². The number of halogens is 1. The number of hydrogen-bond donors (Lipinski definition) is 0. The molecule has 2 nitrogen and oxygen atoms in total. The average molecular weight is 276 g/mol. The summed E-state index contributed by atoms with van der Waals surface area (Å²) in [6.07, 6.45) is 12.2. The van der Waals surface area contributed by atoms with E-state index in [9.17, 15) is 0 Å². The second kappa shape index (κ2) is 4.96. The first-order valence-corrected chi connectivity index (χ1v) is 9.23. The van der Waals surface area contributed by atoms with Crippen molar-refractivity contribution in [1.82, 2.24) is 4.67 Å². The molecule has 0 N–H and O–H groups in total. The molecule has 4 heteroatoms. The highest BCUT2D eigenvalue weighted by Crippen LogP contribution is 2.64. The SMILES string of the molecule is CN1[C@H]2CCCC[C@]2(C2CCCCC2)OP1Cl. The summed E-state index contributed by atoms with van der Waals surface area (Å²) in [6.45, 7) is 0. The first kappa shape index (κ1) is 12.7. The molecule has 0 aromatic rings. The Morgan fingerprint density at radius 3 is 2.59 bits per heavy atom. The summed E-state index contributed by atoms with van der Waals surface area (Å²) in [5, 5.41) is 0. The van der Waals surface area contributed by atoms with Gasteiger partial charge in [-0.2, -0.15) is 0 Å². The van der Waals surface area contributed by atoms with Crippen LogP contribution in [0.2, 0.25) is 0 Å². The molecule has 0 radical (unpaired) electrons. The molecule has 3 aliphatic rings. The summed E-state index contributed by atoms with van der Waals surface area (Å²) >= 11 is 6.41. The maximum atomic E-state index is 6.41. The van der Waals surface area contributed by atoms with Crippen molar-refractivity contribution >= 4 is 18.9 Å². The minimum atomic E-state index is -0.844. The fraction of sp³-hybridized carbons (Fsp3) is 1.00. The van der Waals surface area contributed by atoms with Crippen LogP contribution in [0.1, 0.15) is 57.8 Å². The fourth-order valence-corrected chi connectivity index (χ4v) is 6.22. The third kappa shape index (κ3) is 2.06. The standard InChI is InChI=1S/C13H23ClNOP/c1-15-12-9-5-6-10-13(12,16-17(15)14)11-7-3-2-4-8-11/h11-12H,2-10H2,1H3/t12-,13+,17?/m0/s1. The quantitative estimate of drug-likeness (QED) is 0.645. The molecular weight excluding hydrogens is 253 g/mol. The van der Waals surface area contributed by atoms with Crippen LogP contribution in [0.15, 0.2) is 0 Å². The maximum Gasteiger partial charge on any atom is 0.207 e. The van der Waals surface area contributed by atoms with Crippen molar-refractivity contribution in [2.24, 2.45) is 5.92 Å². The molecule has 1 heterocycles. The summed E-state index contributed by atoms with van der Waals surface area (Å²) in [7, 11) is 1.32. The smallest absolute Gasteiger partial charge is 0.207 e. The van der Waals surface area contributed by atoms with Crippen LogP contribution >= 0.6 is 18.9 Å². The van der Waals surface area contributed by atoms with E-state index < -0.39 is 7.65 Å². The molecule has 3 atom stereocenters. The zero-order chi connectivity index (χ0) is 11.9. The molecule has 0 aromatic heterocycles. The Morgan fingerprint density at radius 1 is 1.12 bits per heavy atom. The molecule has 1 aliphatic heterocycles. The van der Waals surface area contributed by atoms with Crippen LogP contribution in [0.3, 0.4) is 0 Å². The number of fused-ring (bicyclic) bond motifs is 1. The van der Waals surface area contributed by atoms with E-state index in [4.69, 9.17) is 15.8 Å². The van der Waals surface area contributed by atoms with Gasteiger partial charge in [-0.3, -0.25) is 0 Å². The summed E-state index contributed by atoms with van der Waals surface area (Å²) in [5.74, 6) is 0.773. The largest absolute Gasteiger partial charge is 0.323 e. The van der Waals surface area contributed by atoms with E-state index in [1.165, 1.54) is 57.8 Å². The van der Waals surface area contributed by atoms with Gasteiger partial charge < -0.3 is 4.52 Å². The van der Waals surface area contributed by atoms with Crippen LogP contribution in [0.4, 0.5) is 0 Å². The zero-order valence-corrected chi connectivity index (χ0v) is 12.3. The lowest BCUT2D eigenvalue weighted by Gasteiger charge is -2.45. The summed E-state index contributed by atoms with van der Waals surface area (Å²) in [6, 6.07) is 0.600. The van der Waals surface area contributed by atoms with E-state index >= 15 is 0 Å². The summed E-state index contributed by atoms with van der Waals surface area (Å²) in [4.78, 5) is 0. The van der Waals surface area contributed by atoms with E-state index in [0.717, 1.165) is 5.92 Å². The first-order chi connectivity index (χ1) is 8.24. The summed E-state index contributed by atoms with van der Waals surface area (Å²) in [5.41, 5.74) is 0.126. The second-order valence-electron chi connectivity index (χ2n) is 5.94. The molecule has 0 spiro atoms. The van der Waals surface area contributed by atoms with Gasteiger partial charge >= 0.3 is 0 Å². The average Bonchev–Trinajstić information content (AvgIpc) is 2.64. The monoisotopic (exact) mass is 275 g/mol. The number of likely N-dealkylation sites (N-methyl/N-ethyl adjacent to an activating group) is 1. The maximum absolute atomic E-state index is 6.41. The number of rotatable bonds is 1. The van der Waals surface area contributed by atoms with Crippen molar-refractivity contribution < 1.29 is 4.52 Å². The normalized spacial score (nSPS) is 44.8. The molecule has 17 heavy (non-hydrogen) atoms. The van der Waals surface area contributed by atoms with Crippen molar-refractivity contribution in [2.45, 2.75) is 69.4 Å². The minimum Gasteiger partial charge on any atom is -0.323 e. The molecule has 1 unspecified atom stereocenters. The third-order valence-electron chi connectivity index (χ3n) is 5.10. The molecule has 0 aromatic carbocycles. The van der Waals surface area contributed by atoms with Gasteiger partial charge in [-0.1, -0.05) is 32.1 Å². The lowest BCUT2D eigenvalue weighted by Crippen LogP contribution is -2.52. The van der Waals surface area contributed by atoms with Crippen LogP contribution in [0.5, 0.6) is 0 Å². The van der Waals surface area contributed by atoms with Gasteiger partial charge in [0.1, 0.15) is 0 Å². The molecule has 98 valence electrons. The van der Waals surface area contributed by atoms with E-state index in [2.05, 4.69) is 11.7 Å². The van der Waals surface area contributed by atoms with Gasteiger partial charge in [0.2, 0.25) is 7.65 Å². The molecule has 3 fully saturated rings. The Hall–Kier alpha value is 0.640. The number of nitrogens with zero attached hydrogens (tertiary/aromatic N) is 1. The van der Waals surface area contributed by atoms with Crippen LogP contribution < -0.4 is 0 Å². The van der Waals surface area contributed by atoms with E-state index in [1.807, 2.05) is 0 Å². The number of hydrogen-bond acceptors (Lipinski definition) is 2. The zero-order valence-electron chi connectivity index (χ0n) is 10.7. The first-order valence-electron chi connectivity index (χ1n) is 7.12. The molecule has 2 saturated carbocycles. The van der Waals surface area contributed by atoms with E-state index in [0.29, 0.717) is 6.04 Å². The molecule has 1 saturated heterocycles. The van der Waals surface area contributed by atoms with Crippen LogP contribution in [0, 0.1) is 5.92 Å². The lowest BCUT2D eigenvalue weighted by atomic mass is 9.67. The third-order valence-corrected chi connectivity index (χ3v) is 7.29. The van der Waals surface area contributed by atoms with Crippen molar-refractivity contribution in [3.8, 4) is 0 Å². The van der Waals surface area contributed by atoms with Gasteiger partial charge in [0.05, 0.1) is 5.60 Å². The van der Waals surface area contributed by atoms with Crippen molar-refractivity contribution in [1.29, 1.82) is 0 Å². The lowest BCUT2D eigenvalue weighted by molar-refractivity contribution is -0.0385. The van der Waals surface area contributed by atoms with Crippen LogP contribution in [0.25, 0.3) is 0 Å². The Labute approximate surface area is 111 Å². The highest BCUT2D eigenvalue weighted by atomic mass is 35.7. The van der Waals surface area contributed by atoms with E-state index in [-0.39, 0.29) is 5.60 Å².